The number of aromatic nitrogens is 1. The first-order valence-electron chi connectivity index (χ1n) is 13.0. The SMILES string of the molecule is C[C@H]1CN(Cc2ccc(N(C)C(=O)c3ccc(Oc4ccc(F)cc4)cn3)cc2)CC[N+]1(C(=O)[O-])C(C)(C)C. The van der Waals surface area contributed by atoms with E-state index < -0.39 is 11.6 Å². The van der Waals surface area contributed by atoms with E-state index in [1.807, 2.05) is 52.0 Å². The van der Waals surface area contributed by atoms with Crippen molar-refractivity contribution in [3.63, 3.8) is 0 Å². The van der Waals surface area contributed by atoms with Crippen LogP contribution >= 0.6 is 0 Å². The lowest BCUT2D eigenvalue weighted by atomic mass is 9.95. The van der Waals surface area contributed by atoms with Gasteiger partial charge in [0.05, 0.1) is 24.8 Å². The normalized spacial score (nSPS) is 19.9. The van der Waals surface area contributed by atoms with Crippen molar-refractivity contribution in [3.8, 4) is 11.5 Å². The zero-order chi connectivity index (χ0) is 28.4. The van der Waals surface area contributed by atoms with Crippen LogP contribution in [0.2, 0.25) is 0 Å². The number of ether oxygens (including phenoxy) is 1. The first-order chi connectivity index (χ1) is 18.4. The number of piperazine rings is 1. The molecule has 2 aromatic carbocycles. The minimum absolute atomic E-state index is 0.0529. The average molecular weight is 535 g/mol. The van der Waals surface area contributed by atoms with Crippen molar-refractivity contribution < 1.29 is 28.3 Å². The van der Waals surface area contributed by atoms with E-state index in [1.165, 1.54) is 35.4 Å². The van der Waals surface area contributed by atoms with Crippen LogP contribution in [0.15, 0.2) is 66.9 Å². The van der Waals surface area contributed by atoms with E-state index in [1.54, 1.807) is 19.2 Å². The summed E-state index contributed by atoms with van der Waals surface area (Å²) >= 11 is 0. The monoisotopic (exact) mass is 534 g/mol. The fourth-order valence-corrected chi connectivity index (χ4v) is 5.39. The molecule has 2 amide bonds. The molecule has 2 atom stereocenters. The summed E-state index contributed by atoms with van der Waals surface area (Å²) in [6.45, 7) is 10.3. The van der Waals surface area contributed by atoms with E-state index in [-0.39, 0.29) is 27.9 Å². The number of pyridine rings is 1. The Morgan fingerprint density at radius 1 is 1.08 bits per heavy atom. The lowest BCUT2D eigenvalue weighted by Crippen LogP contribution is -2.76. The molecule has 206 valence electrons. The van der Waals surface area contributed by atoms with E-state index in [0.29, 0.717) is 37.7 Å². The van der Waals surface area contributed by atoms with Gasteiger partial charge in [0.2, 0.25) is 0 Å². The molecule has 1 fully saturated rings. The van der Waals surface area contributed by atoms with Gasteiger partial charge in [-0.3, -0.25) is 14.2 Å². The van der Waals surface area contributed by atoms with Crippen LogP contribution in [-0.4, -0.2) is 64.6 Å². The second-order valence-corrected chi connectivity index (χ2v) is 11.1. The molecular formula is C30H35FN4O4. The minimum atomic E-state index is -1.02. The van der Waals surface area contributed by atoms with Crippen LogP contribution < -0.4 is 14.7 Å². The second kappa shape index (κ2) is 11.1. The molecule has 0 saturated carbocycles. The molecular weight excluding hydrogens is 499 g/mol. The Labute approximate surface area is 228 Å². The van der Waals surface area contributed by atoms with Gasteiger partial charge < -0.3 is 19.5 Å². The molecule has 3 aromatic rings. The number of quaternary nitrogens is 1. The Kier molecular flexibility index (Phi) is 8.04. The Morgan fingerprint density at radius 3 is 2.26 bits per heavy atom. The number of nitrogens with zero attached hydrogens (tertiary/aromatic N) is 4. The molecule has 0 radical (unpaired) electrons. The second-order valence-electron chi connectivity index (χ2n) is 11.1. The van der Waals surface area contributed by atoms with Gasteiger partial charge in [-0.2, -0.15) is 0 Å². The summed E-state index contributed by atoms with van der Waals surface area (Å²) in [7, 11) is 1.69. The molecule has 0 aliphatic carbocycles. The Balaban J connectivity index is 1.36. The third-order valence-electron chi connectivity index (χ3n) is 7.61. The third kappa shape index (κ3) is 5.94. The number of carbonyl (C=O) groups is 2. The van der Waals surface area contributed by atoms with Gasteiger partial charge in [0.25, 0.3) is 12.0 Å². The summed E-state index contributed by atoms with van der Waals surface area (Å²) in [5, 5.41) is 12.1. The van der Waals surface area contributed by atoms with Crippen molar-refractivity contribution in [2.45, 2.75) is 45.8 Å². The van der Waals surface area contributed by atoms with Crippen LogP contribution in [0.3, 0.4) is 0 Å². The molecule has 0 bridgehead atoms. The van der Waals surface area contributed by atoms with Gasteiger partial charge in [0, 0.05) is 25.8 Å². The van der Waals surface area contributed by atoms with Gasteiger partial charge in [-0.05, 0) is 81.8 Å². The standard InChI is InChI=1S/C30H35FN4O4/c1-21-19-34(16-17-35(21,29(37)38)30(2,3)4)20-22-6-10-24(11-7-22)33(5)28(36)27-15-14-26(18-32-27)39-25-12-8-23(31)9-13-25/h6-15,18,21H,16-17,19-20H2,1-5H3/t21-,35?/m0/s1. The number of carbonyl (C=O) groups excluding carboxylic acids is 2. The molecule has 1 aliphatic heterocycles. The highest BCUT2D eigenvalue weighted by Gasteiger charge is 2.49. The van der Waals surface area contributed by atoms with Gasteiger partial charge >= 0.3 is 0 Å². The molecule has 2 heterocycles. The Bertz CT molecular complexity index is 1310. The number of benzene rings is 2. The van der Waals surface area contributed by atoms with Crippen molar-refractivity contribution in [1.82, 2.24) is 9.88 Å². The molecule has 4 rings (SSSR count). The largest absolute Gasteiger partial charge is 0.498 e. The van der Waals surface area contributed by atoms with Gasteiger partial charge in [-0.25, -0.2) is 9.37 Å². The van der Waals surface area contributed by atoms with E-state index in [0.717, 1.165) is 11.3 Å². The average Bonchev–Trinajstić information content (AvgIpc) is 2.89. The minimum Gasteiger partial charge on any atom is -0.498 e. The number of carboxylic acid groups (broad SMARTS) is 1. The van der Waals surface area contributed by atoms with Crippen LogP contribution in [0, 0.1) is 5.82 Å². The van der Waals surface area contributed by atoms with Crippen LogP contribution in [0.4, 0.5) is 14.9 Å². The lowest BCUT2D eigenvalue weighted by Gasteiger charge is -2.55. The zero-order valence-electron chi connectivity index (χ0n) is 23.1. The smallest absolute Gasteiger partial charge is 0.276 e. The van der Waals surface area contributed by atoms with Crippen molar-refractivity contribution in [2.75, 3.05) is 31.6 Å². The number of amides is 2. The van der Waals surface area contributed by atoms with Crippen LogP contribution in [0.25, 0.3) is 0 Å². The maximum absolute atomic E-state index is 13.1. The fourth-order valence-electron chi connectivity index (χ4n) is 5.39. The molecule has 9 heteroatoms. The predicted octanol–water partition coefficient (Wildman–Crippen LogP) is 4.45. The van der Waals surface area contributed by atoms with Crippen LogP contribution in [-0.2, 0) is 6.54 Å². The number of rotatable bonds is 6. The lowest BCUT2D eigenvalue weighted by molar-refractivity contribution is -0.943. The van der Waals surface area contributed by atoms with E-state index in [2.05, 4.69) is 9.88 Å². The summed E-state index contributed by atoms with van der Waals surface area (Å²) in [4.78, 5) is 33.2. The number of hydrogen-bond acceptors (Lipinski definition) is 6. The highest BCUT2D eigenvalue weighted by molar-refractivity contribution is 6.04. The summed E-state index contributed by atoms with van der Waals surface area (Å²) in [5.41, 5.74) is 1.62. The van der Waals surface area contributed by atoms with Crippen molar-refractivity contribution in [1.29, 1.82) is 0 Å². The third-order valence-corrected chi connectivity index (χ3v) is 7.61. The molecule has 0 N–H and O–H groups in total. The highest BCUT2D eigenvalue weighted by atomic mass is 19.1. The van der Waals surface area contributed by atoms with Crippen molar-refractivity contribution >= 4 is 17.7 Å². The molecule has 1 saturated heterocycles. The Hall–Kier alpha value is -3.82. The molecule has 39 heavy (non-hydrogen) atoms. The van der Waals surface area contributed by atoms with Gasteiger partial charge in [-0.1, -0.05) is 12.1 Å². The first-order valence-corrected chi connectivity index (χ1v) is 13.0. The zero-order valence-corrected chi connectivity index (χ0v) is 23.1. The predicted molar refractivity (Wildman–Crippen MR) is 145 cm³/mol. The van der Waals surface area contributed by atoms with E-state index >= 15 is 0 Å². The van der Waals surface area contributed by atoms with Crippen molar-refractivity contribution in [3.05, 3.63) is 83.9 Å². The first kappa shape index (κ1) is 28.2. The summed E-state index contributed by atoms with van der Waals surface area (Å²) < 4.78 is 18.7. The highest BCUT2D eigenvalue weighted by Crippen LogP contribution is 2.32. The van der Waals surface area contributed by atoms with Crippen LogP contribution in [0.5, 0.6) is 11.5 Å². The maximum Gasteiger partial charge on any atom is 0.276 e. The van der Waals surface area contributed by atoms with Crippen molar-refractivity contribution in [2.24, 2.45) is 0 Å². The molecule has 0 spiro atoms. The number of anilines is 1. The molecule has 1 aromatic heterocycles. The van der Waals surface area contributed by atoms with E-state index in [9.17, 15) is 19.1 Å². The molecule has 1 unspecified atom stereocenters. The quantitative estimate of drug-likeness (QED) is 0.435. The van der Waals surface area contributed by atoms with Gasteiger partial charge in [0.1, 0.15) is 29.1 Å². The number of hydrogen-bond donors (Lipinski definition) is 0. The van der Waals surface area contributed by atoms with Crippen LogP contribution in [0.1, 0.15) is 43.7 Å². The van der Waals surface area contributed by atoms with E-state index in [4.69, 9.17) is 4.74 Å². The fraction of sp³-hybridized carbons (Fsp3) is 0.367. The molecule has 8 nitrogen and oxygen atoms in total. The molecule has 1 aliphatic rings. The maximum atomic E-state index is 13.1. The number of halogens is 1. The summed E-state index contributed by atoms with van der Waals surface area (Å²) in [6, 6.07) is 16.5. The summed E-state index contributed by atoms with van der Waals surface area (Å²) in [5.74, 6) is 0.299. The van der Waals surface area contributed by atoms with Gasteiger partial charge in [-0.15, -0.1) is 0 Å². The summed E-state index contributed by atoms with van der Waals surface area (Å²) in [6.07, 6.45) is 0.442. The van der Waals surface area contributed by atoms with Gasteiger partial charge in [0.15, 0.2) is 0 Å². The topological polar surface area (TPSA) is 85.8 Å². The Morgan fingerprint density at radius 2 is 1.72 bits per heavy atom.